The fourth-order valence-electron chi connectivity index (χ4n) is 2.41. The lowest BCUT2D eigenvalue weighted by molar-refractivity contribution is 0.302. The van der Waals surface area contributed by atoms with Gasteiger partial charge in [0.25, 0.3) is 0 Å². The molecule has 0 unspecified atom stereocenters. The monoisotopic (exact) mass is 406 g/mol. The molecule has 0 saturated heterocycles. The minimum absolute atomic E-state index is 0.277. The maximum Gasteiger partial charge on any atom is 0.124 e. The van der Waals surface area contributed by atoms with Gasteiger partial charge in [-0.1, -0.05) is 59.1 Å². The van der Waals surface area contributed by atoms with Crippen LogP contribution in [0.5, 0.6) is 5.75 Å². The number of nitrogens with one attached hydrogen (secondary N) is 2. The van der Waals surface area contributed by atoms with E-state index in [1.165, 1.54) is 0 Å². The molecule has 0 aliphatic carbocycles. The van der Waals surface area contributed by atoms with E-state index in [1.54, 1.807) is 24.3 Å². The smallest absolute Gasteiger partial charge is 0.124 e. The first-order valence-electron chi connectivity index (χ1n) is 8.01. The van der Waals surface area contributed by atoms with Gasteiger partial charge in [0.15, 0.2) is 0 Å². The first kappa shape index (κ1) is 18.9. The Bertz CT molecular complexity index is 852. The van der Waals surface area contributed by atoms with Crippen LogP contribution in [0.15, 0.2) is 66.7 Å². The average Bonchev–Trinajstić information content (AvgIpc) is 2.64. The van der Waals surface area contributed by atoms with Crippen molar-refractivity contribution < 1.29 is 4.74 Å². The van der Waals surface area contributed by atoms with E-state index in [1.807, 2.05) is 42.5 Å². The topological polar surface area (TPSA) is 33.3 Å². The molecule has 0 fully saturated rings. The number of anilines is 1. The van der Waals surface area contributed by atoms with Crippen LogP contribution < -0.4 is 15.6 Å². The number of hydrogen-bond donors (Lipinski definition) is 2. The first-order chi connectivity index (χ1) is 12.6. The van der Waals surface area contributed by atoms with Crippen molar-refractivity contribution in [3.63, 3.8) is 0 Å². The van der Waals surface area contributed by atoms with Crippen LogP contribution in [0, 0.1) is 0 Å². The summed E-state index contributed by atoms with van der Waals surface area (Å²) in [6.45, 7) is 0.806. The molecule has 6 heteroatoms. The number of halogens is 3. The van der Waals surface area contributed by atoms with Gasteiger partial charge >= 0.3 is 0 Å². The second-order valence-electron chi connectivity index (χ2n) is 5.59. The first-order valence-corrected chi connectivity index (χ1v) is 9.15. The van der Waals surface area contributed by atoms with Crippen molar-refractivity contribution in [2.75, 3.05) is 5.43 Å². The molecule has 0 spiro atoms. The van der Waals surface area contributed by atoms with E-state index >= 15 is 0 Å². The highest BCUT2D eigenvalue weighted by Crippen LogP contribution is 2.28. The predicted molar refractivity (Wildman–Crippen MR) is 109 cm³/mol. The molecule has 2 N–H and O–H groups in total. The minimum atomic E-state index is 0.277. The zero-order valence-electron chi connectivity index (χ0n) is 13.8. The molecule has 134 valence electrons. The summed E-state index contributed by atoms with van der Waals surface area (Å²) in [7, 11) is 0. The molecule has 26 heavy (non-hydrogen) atoms. The van der Waals surface area contributed by atoms with Crippen molar-refractivity contribution in [2.45, 2.75) is 13.2 Å². The van der Waals surface area contributed by atoms with E-state index in [0.29, 0.717) is 27.4 Å². The van der Waals surface area contributed by atoms with Crippen molar-refractivity contribution in [3.05, 3.63) is 92.9 Å². The third-order valence-electron chi connectivity index (χ3n) is 3.74. The molecular formula is C20H17Cl3N2O. The lowest BCUT2D eigenvalue weighted by atomic mass is 10.2. The van der Waals surface area contributed by atoms with E-state index in [0.717, 1.165) is 16.8 Å². The molecule has 0 saturated carbocycles. The quantitative estimate of drug-likeness (QED) is 0.448. The summed E-state index contributed by atoms with van der Waals surface area (Å²) in [5, 5.41) is 1.80. The number of benzene rings is 3. The second-order valence-corrected chi connectivity index (χ2v) is 6.84. The largest absolute Gasteiger partial charge is 0.488 e. The van der Waals surface area contributed by atoms with E-state index in [-0.39, 0.29) is 6.61 Å². The van der Waals surface area contributed by atoms with Crippen LogP contribution in [-0.2, 0) is 13.2 Å². The summed E-state index contributed by atoms with van der Waals surface area (Å²) >= 11 is 18.5. The van der Waals surface area contributed by atoms with Crippen molar-refractivity contribution in [2.24, 2.45) is 0 Å². The third kappa shape index (κ3) is 5.05. The lowest BCUT2D eigenvalue weighted by Gasteiger charge is -2.15. The minimum Gasteiger partial charge on any atom is -0.488 e. The molecular weight excluding hydrogens is 391 g/mol. The van der Waals surface area contributed by atoms with Gasteiger partial charge < -0.3 is 10.2 Å². The molecule has 3 aromatic carbocycles. The van der Waals surface area contributed by atoms with E-state index in [9.17, 15) is 0 Å². The van der Waals surface area contributed by atoms with Gasteiger partial charge in [-0.25, -0.2) is 5.43 Å². The van der Waals surface area contributed by atoms with Crippen molar-refractivity contribution in [1.82, 2.24) is 5.43 Å². The van der Waals surface area contributed by atoms with Gasteiger partial charge in [-0.2, -0.15) is 0 Å². The van der Waals surface area contributed by atoms with E-state index in [4.69, 9.17) is 39.5 Å². The van der Waals surface area contributed by atoms with Gasteiger partial charge in [0.1, 0.15) is 12.4 Å². The van der Waals surface area contributed by atoms with Crippen LogP contribution in [0.3, 0.4) is 0 Å². The Morgan fingerprint density at radius 1 is 0.808 bits per heavy atom. The van der Waals surface area contributed by atoms with Crippen LogP contribution in [0.1, 0.15) is 11.1 Å². The molecule has 0 amide bonds. The Labute approximate surface area is 167 Å². The van der Waals surface area contributed by atoms with E-state index in [2.05, 4.69) is 10.9 Å². The molecule has 3 aromatic rings. The lowest BCUT2D eigenvalue weighted by Crippen LogP contribution is -2.21. The molecule has 0 aliphatic rings. The summed E-state index contributed by atoms with van der Waals surface area (Å²) in [5.41, 5.74) is 8.96. The summed E-state index contributed by atoms with van der Waals surface area (Å²) in [6, 6.07) is 20.7. The number of rotatable bonds is 7. The summed E-state index contributed by atoms with van der Waals surface area (Å²) < 4.78 is 5.95. The average molecular weight is 408 g/mol. The second kappa shape index (κ2) is 9.15. The van der Waals surface area contributed by atoms with Gasteiger partial charge in [0.05, 0.1) is 0 Å². The Hall–Kier alpha value is -1.91. The van der Waals surface area contributed by atoms with Crippen LogP contribution in [-0.4, -0.2) is 0 Å². The van der Waals surface area contributed by atoms with Crippen LogP contribution in [0.25, 0.3) is 0 Å². The maximum absolute atomic E-state index is 6.20. The molecule has 3 nitrogen and oxygen atoms in total. The summed E-state index contributed by atoms with van der Waals surface area (Å²) in [5.74, 6) is 0.716. The molecule has 0 radical (unpaired) electrons. The zero-order chi connectivity index (χ0) is 18.4. The molecule has 0 atom stereocenters. The SMILES string of the molecule is Clc1ccc(OCc2c(Cl)cccc2Cl)c(CNNc2ccccc2)c1. The molecule has 0 aromatic heterocycles. The summed E-state index contributed by atoms with van der Waals surface area (Å²) in [4.78, 5) is 0. The van der Waals surface area contributed by atoms with Crippen molar-refractivity contribution in [1.29, 1.82) is 0 Å². The highest BCUT2D eigenvalue weighted by Gasteiger charge is 2.09. The highest BCUT2D eigenvalue weighted by molar-refractivity contribution is 6.36. The predicted octanol–water partition coefficient (Wildman–Crippen LogP) is 6.34. The molecule has 0 aliphatic heterocycles. The maximum atomic E-state index is 6.20. The molecule has 0 heterocycles. The Morgan fingerprint density at radius 3 is 2.27 bits per heavy atom. The number of para-hydroxylation sites is 1. The number of hydrogen-bond acceptors (Lipinski definition) is 3. The molecule has 0 bridgehead atoms. The zero-order valence-corrected chi connectivity index (χ0v) is 16.1. The van der Waals surface area contributed by atoms with Gasteiger partial charge in [-0.05, 0) is 42.5 Å². The molecule has 3 rings (SSSR count). The van der Waals surface area contributed by atoms with E-state index < -0.39 is 0 Å². The van der Waals surface area contributed by atoms with Crippen LogP contribution in [0.2, 0.25) is 15.1 Å². The van der Waals surface area contributed by atoms with Gasteiger partial charge in [-0.15, -0.1) is 0 Å². The Kier molecular flexibility index (Phi) is 6.64. The normalized spacial score (nSPS) is 10.6. The standard InChI is InChI=1S/C20H17Cl3N2O/c21-15-9-10-20(26-13-17-18(22)7-4-8-19(17)23)14(11-15)12-24-25-16-5-2-1-3-6-16/h1-11,24-25H,12-13H2. The fraction of sp³-hybridized carbons (Fsp3) is 0.100. The van der Waals surface area contributed by atoms with Crippen molar-refractivity contribution in [3.8, 4) is 5.75 Å². The number of ether oxygens (including phenoxy) is 1. The van der Waals surface area contributed by atoms with Gasteiger partial charge in [0.2, 0.25) is 0 Å². The third-order valence-corrected chi connectivity index (χ3v) is 4.68. The van der Waals surface area contributed by atoms with Crippen molar-refractivity contribution >= 4 is 40.5 Å². The van der Waals surface area contributed by atoms with Gasteiger partial charge in [-0.3, -0.25) is 0 Å². The van der Waals surface area contributed by atoms with Crippen LogP contribution >= 0.6 is 34.8 Å². The Morgan fingerprint density at radius 2 is 1.54 bits per heavy atom. The fourth-order valence-corrected chi connectivity index (χ4v) is 3.11. The number of hydrazine groups is 1. The summed E-state index contributed by atoms with van der Waals surface area (Å²) in [6.07, 6.45) is 0. The van der Waals surface area contributed by atoms with Crippen LogP contribution in [0.4, 0.5) is 5.69 Å². The van der Waals surface area contributed by atoms with Gasteiger partial charge in [0, 0.05) is 38.4 Å². The highest BCUT2D eigenvalue weighted by atomic mass is 35.5. The Balaban J connectivity index is 1.67.